The third kappa shape index (κ3) is 2.70. The van der Waals surface area contributed by atoms with E-state index in [1.165, 1.54) is 11.1 Å². The number of hydrogen-bond acceptors (Lipinski definition) is 4. The standard InChI is InChI=1S/C14H17N5O/c1-19-9-17-13(18-19)8-16-14(20)11-3-2-10-4-5-15-7-12(10)6-11/h2-3,6,9,15H,4-5,7-8H2,1H3,(H,16,20). The van der Waals surface area contributed by atoms with Gasteiger partial charge in [0, 0.05) is 19.2 Å². The van der Waals surface area contributed by atoms with Gasteiger partial charge in [-0.3, -0.25) is 9.48 Å². The highest BCUT2D eigenvalue weighted by atomic mass is 16.1. The molecule has 20 heavy (non-hydrogen) atoms. The molecule has 2 N–H and O–H groups in total. The van der Waals surface area contributed by atoms with E-state index in [-0.39, 0.29) is 5.91 Å². The zero-order chi connectivity index (χ0) is 13.9. The van der Waals surface area contributed by atoms with E-state index in [0.29, 0.717) is 17.9 Å². The van der Waals surface area contributed by atoms with Gasteiger partial charge in [0.1, 0.15) is 6.33 Å². The Morgan fingerprint density at radius 3 is 3.15 bits per heavy atom. The van der Waals surface area contributed by atoms with Crippen molar-refractivity contribution in [2.75, 3.05) is 6.54 Å². The number of aryl methyl sites for hydroxylation is 1. The highest BCUT2D eigenvalue weighted by molar-refractivity contribution is 5.94. The number of rotatable bonds is 3. The summed E-state index contributed by atoms with van der Waals surface area (Å²) in [4.78, 5) is 16.2. The van der Waals surface area contributed by atoms with E-state index in [9.17, 15) is 4.79 Å². The number of nitrogens with one attached hydrogen (secondary N) is 2. The Bertz CT molecular complexity index is 634. The van der Waals surface area contributed by atoms with Gasteiger partial charge in [-0.15, -0.1) is 0 Å². The van der Waals surface area contributed by atoms with Crippen LogP contribution < -0.4 is 10.6 Å². The number of nitrogens with zero attached hydrogens (tertiary/aromatic N) is 3. The van der Waals surface area contributed by atoms with Crippen LogP contribution in [-0.2, 0) is 26.6 Å². The Morgan fingerprint density at radius 1 is 1.45 bits per heavy atom. The Hall–Kier alpha value is -2.21. The molecule has 6 nitrogen and oxygen atoms in total. The van der Waals surface area contributed by atoms with Crippen LogP contribution in [0.4, 0.5) is 0 Å². The van der Waals surface area contributed by atoms with E-state index in [1.807, 2.05) is 18.2 Å². The van der Waals surface area contributed by atoms with Gasteiger partial charge in [0.05, 0.1) is 6.54 Å². The molecular weight excluding hydrogens is 254 g/mol. The minimum absolute atomic E-state index is 0.0918. The van der Waals surface area contributed by atoms with Gasteiger partial charge in [-0.05, 0) is 36.2 Å². The summed E-state index contributed by atoms with van der Waals surface area (Å²) in [5.74, 6) is 0.520. The van der Waals surface area contributed by atoms with Crippen LogP contribution in [0.2, 0.25) is 0 Å². The molecular formula is C14H17N5O. The van der Waals surface area contributed by atoms with Crippen molar-refractivity contribution in [1.29, 1.82) is 0 Å². The predicted molar refractivity (Wildman–Crippen MR) is 74.0 cm³/mol. The molecule has 3 rings (SSSR count). The number of fused-ring (bicyclic) bond motifs is 1. The highest BCUT2D eigenvalue weighted by Crippen LogP contribution is 2.15. The lowest BCUT2D eigenvalue weighted by Gasteiger charge is -2.17. The number of hydrogen-bond donors (Lipinski definition) is 2. The number of aromatic nitrogens is 3. The van der Waals surface area contributed by atoms with Crippen molar-refractivity contribution in [2.45, 2.75) is 19.5 Å². The lowest BCUT2D eigenvalue weighted by molar-refractivity contribution is 0.0949. The molecule has 0 unspecified atom stereocenters. The smallest absolute Gasteiger partial charge is 0.251 e. The van der Waals surface area contributed by atoms with Gasteiger partial charge in [0.15, 0.2) is 5.82 Å². The summed E-state index contributed by atoms with van der Waals surface area (Å²) in [5, 5.41) is 10.3. The third-order valence-electron chi connectivity index (χ3n) is 3.41. The van der Waals surface area contributed by atoms with Crippen LogP contribution in [0.25, 0.3) is 0 Å². The zero-order valence-corrected chi connectivity index (χ0v) is 11.4. The number of amides is 1. The number of benzene rings is 1. The molecule has 0 radical (unpaired) electrons. The van der Waals surface area contributed by atoms with Gasteiger partial charge >= 0.3 is 0 Å². The fraction of sp³-hybridized carbons (Fsp3) is 0.357. The van der Waals surface area contributed by atoms with Crippen LogP contribution >= 0.6 is 0 Å². The van der Waals surface area contributed by atoms with Crippen molar-refractivity contribution in [2.24, 2.45) is 7.05 Å². The molecule has 0 aliphatic carbocycles. The molecule has 2 aromatic rings. The summed E-state index contributed by atoms with van der Waals surface area (Å²) in [7, 11) is 1.80. The van der Waals surface area contributed by atoms with E-state index in [1.54, 1.807) is 18.1 Å². The van der Waals surface area contributed by atoms with Crippen LogP contribution in [0.1, 0.15) is 27.3 Å². The Labute approximate surface area is 117 Å². The van der Waals surface area contributed by atoms with Crippen LogP contribution in [0.5, 0.6) is 0 Å². The molecule has 0 bridgehead atoms. The monoisotopic (exact) mass is 271 g/mol. The SMILES string of the molecule is Cn1cnc(CNC(=O)c2ccc3c(c2)CNCC3)n1. The molecule has 1 aromatic heterocycles. The second kappa shape index (κ2) is 5.42. The summed E-state index contributed by atoms with van der Waals surface area (Å²) in [6.45, 7) is 2.18. The quantitative estimate of drug-likeness (QED) is 0.847. The molecule has 1 aromatic carbocycles. The number of carbonyl (C=O) groups is 1. The fourth-order valence-electron chi connectivity index (χ4n) is 2.35. The topological polar surface area (TPSA) is 71.8 Å². The van der Waals surface area contributed by atoms with E-state index in [0.717, 1.165) is 19.5 Å². The zero-order valence-electron chi connectivity index (χ0n) is 11.4. The second-order valence-corrected chi connectivity index (χ2v) is 4.93. The normalized spacial score (nSPS) is 13.8. The van der Waals surface area contributed by atoms with Crippen LogP contribution in [-0.4, -0.2) is 27.2 Å². The third-order valence-corrected chi connectivity index (χ3v) is 3.41. The molecule has 0 fully saturated rings. The summed E-state index contributed by atoms with van der Waals surface area (Å²) >= 11 is 0. The molecule has 0 spiro atoms. The van der Waals surface area contributed by atoms with Crippen molar-refractivity contribution < 1.29 is 4.79 Å². The first kappa shape index (κ1) is 12.8. The van der Waals surface area contributed by atoms with E-state index < -0.39 is 0 Å². The molecule has 1 amide bonds. The largest absolute Gasteiger partial charge is 0.345 e. The first-order valence-corrected chi connectivity index (χ1v) is 6.67. The maximum Gasteiger partial charge on any atom is 0.251 e. The van der Waals surface area contributed by atoms with Gasteiger partial charge < -0.3 is 10.6 Å². The fourth-order valence-corrected chi connectivity index (χ4v) is 2.35. The maximum absolute atomic E-state index is 12.1. The minimum atomic E-state index is -0.0918. The molecule has 104 valence electrons. The average Bonchev–Trinajstić information content (AvgIpc) is 2.90. The molecule has 6 heteroatoms. The lowest BCUT2D eigenvalue weighted by Crippen LogP contribution is -2.26. The van der Waals surface area contributed by atoms with Gasteiger partial charge in [-0.2, -0.15) is 5.10 Å². The van der Waals surface area contributed by atoms with Crippen LogP contribution in [0.3, 0.4) is 0 Å². The first-order chi connectivity index (χ1) is 9.72. The Balaban J connectivity index is 1.67. The molecule has 0 saturated carbocycles. The van der Waals surface area contributed by atoms with Crippen molar-refractivity contribution in [3.8, 4) is 0 Å². The summed E-state index contributed by atoms with van der Waals surface area (Å²) in [6, 6.07) is 5.89. The molecule has 2 heterocycles. The molecule has 0 atom stereocenters. The van der Waals surface area contributed by atoms with Gasteiger partial charge in [0.2, 0.25) is 0 Å². The van der Waals surface area contributed by atoms with Crippen molar-refractivity contribution in [3.63, 3.8) is 0 Å². The predicted octanol–water partition coefficient (Wildman–Crippen LogP) is 0.391. The lowest BCUT2D eigenvalue weighted by atomic mass is 9.98. The molecule has 1 aliphatic heterocycles. The first-order valence-electron chi connectivity index (χ1n) is 6.67. The van der Waals surface area contributed by atoms with Crippen molar-refractivity contribution in [3.05, 3.63) is 47.0 Å². The Morgan fingerprint density at radius 2 is 2.35 bits per heavy atom. The highest BCUT2D eigenvalue weighted by Gasteiger charge is 2.12. The molecule has 1 aliphatic rings. The average molecular weight is 271 g/mol. The van der Waals surface area contributed by atoms with Gasteiger partial charge in [0.25, 0.3) is 5.91 Å². The van der Waals surface area contributed by atoms with Gasteiger partial charge in [-0.25, -0.2) is 4.98 Å². The maximum atomic E-state index is 12.1. The van der Waals surface area contributed by atoms with E-state index in [4.69, 9.17) is 0 Å². The summed E-state index contributed by atoms with van der Waals surface area (Å²) < 4.78 is 1.62. The summed E-state index contributed by atoms with van der Waals surface area (Å²) in [5.41, 5.74) is 3.22. The van der Waals surface area contributed by atoms with E-state index in [2.05, 4.69) is 20.7 Å². The second-order valence-electron chi connectivity index (χ2n) is 4.93. The Kier molecular flexibility index (Phi) is 3.47. The van der Waals surface area contributed by atoms with Crippen LogP contribution in [0.15, 0.2) is 24.5 Å². The van der Waals surface area contributed by atoms with Crippen molar-refractivity contribution in [1.82, 2.24) is 25.4 Å². The minimum Gasteiger partial charge on any atom is -0.345 e. The van der Waals surface area contributed by atoms with E-state index >= 15 is 0 Å². The van der Waals surface area contributed by atoms with Gasteiger partial charge in [-0.1, -0.05) is 6.07 Å². The van der Waals surface area contributed by atoms with Crippen LogP contribution in [0, 0.1) is 0 Å². The molecule has 0 saturated heterocycles. The van der Waals surface area contributed by atoms with Crippen molar-refractivity contribution >= 4 is 5.91 Å². The number of carbonyl (C=O) groups excluding carboxylic acids is 1. The summed E-state index contributed by atoms with van der Waals surface area (Å²) in [6.07, 6.45) is 2.64.